The third-order valence-electron chi connectivity index (χ3n) is 9.84. The molecule has 4 saturated heterocycles. The molecule has 3 N–H and O–H groups in total. The number of likely N-dealkylation sites (tertiary alicyclic amines) is 1. The zero-order chi connectivity index (χ0) is 34.1. The van der Waals surface area contributed by atoms with Crippen molar-refractivity contribution in [3.63, 3.8) is 0 Å². The lowest BCUT2D eigenvalue weighted by Crippen LogP contribution is -2.61. The van der Waals surface area contributed by atoms with Crippen molar-refractivity contribution >= 4 is 62.5 Å². The van der Waals surface area contributed by atoms with Gasteiger partial charge < -0.3 is 29.8 Å². The van der Waals surface area contributed by atoms with Gasteiger partial charge in [-0.3, -0.25) is 23.7 Å². The maximum atomic E-state index is 14.3. The van der Waals surface area contributed by atoms with Crippen LogP contribution >= 0.6 is 18.9 Å². The van der Waals surface area contributed by atoms with Crippen LogP contribution in [0.15, 0.2) is 24.3 Å². The molecule has 0 bridgehead atoms. The molecule has 18 heteroatoms. The zero-order valence-corrected chi connectivity index (χ0v) is 27.9. The molecule has 5 heterocycles. The van der Waals surface area contributed by atoms with Crippen LogP contribution in [0.1, 0.15) is 47.8 Å². The van der Waals surface area contributed by atoms with E-state index in [1.165, 1.54) is 28.9 Å². The highest BCUT2D eigenvalue weighted by Crippen LogP contribution is 2.59. The first-order valence-corrected chi connectivity index (χ1v) is 19.6. The van der Waals surface area contributed by atoms with Gasteiger partial charge in [0.1, 0.15) is 12.1 Å². The van der Waals surface area contributed by atoms with Crippen LogP contribution in [0, 0.1) is 11.8 Å². The van der Waals surface area contributed by atoms with Crippen LogP contribution < -0.4 is 5.32 Å². The molecule has 256 valence electrons. The minimum Gasteiger partial charge on any atom is -0.340 e. The van der Waals surface area contributed by atoms with Gasteiger partial charge in [-0.2, -0.15) is 8.78 Å². The van der Waals surface area contributed by atoms with E-state index in [0.29, 0.717) is 50.0 Å². The number of amides is 4. The Morgan fingerprint density at radius 1 is 1.02 bits per heavy atom. The summed E-state index contributed by atoms with van der Waals surface area (Å²) in [5.74, 6) is -1.73. The fraction of sp³-hybridized carbons (Fsp3) is 0.586. The number of sulfone groups is 1. The van der Waals surface area contributed by atoms with Crippen LogP contribution in [0.3, 0.4) is 0 Å². The number of carbonyl (C=O) groups is 4. The van der Waals surface area contributed by atoms with Gasteiger partial charge in [-0.15, -0.1) is 11.3 Å². The van der Waals surface area contributed by atoms with E-state index in [2.05, 4.69) is 5.32 Å². The van der Waals surface area contributed by atoms with Gasteiger partial charge in [-0.25, -0.2) is 8.42 Å². The average molecular weight is 717 g/mol. The summed E-state index contributed by atoms with van der Waals surface area (Å²) in [6.07, 6.45) is 1.84. The van der Waals surface area contributed by atoms with Crippen LogP contribution in [0.5, 0.6) is 0 Å². The number of alkyl halides is 2. The number of fused-ring (bicyclic) bond motifs is 3. The topological polar surface area (TPSA) is 182 Å². The maximum absolute atomic E-state index is 14.3. The van der Waals surface area contributed by atoms with Crippen LogP contribution in [-0.2, 0) is 34.4 Å². The molecule has 3 unspecified atom stereocenters. The van der Waals surface area contributed by atoms with Crippen molar-refractivity contribution in [2.75, 3.05) is 37.7 Å². The highest BCUT2D eigenvalue weighted by Gasteiger charge is 2.51. The molecule has 0 spiro atoms. The highest BCUT2D eigenvalue weighted by atomic mass is 32.2. The standard InChI is InChI=1S/C29H35F2N4O9PS2/c1-16(36)33-8-6-21-3-4-23(28(39)34-12-17-7-9-47(43,44)15-19(17)13-34)35(21)27(38)22(14-33)32-26(37)25-11-18-10-20(2-5-24(18)46-25)29(30,31)45(40,41)42/h2,5,10-11,17,19,21-23H,3-4,6-9,12-15H2,1H3,(H,32,37)(H2,40,41,42)/t17?,19?,21-,22?,23+/m1/s1. The first-order chi connectivity index (χ1) is 21.9. The number of thiophene rings is 1. The van der Waals surface area contributed by atoms with Crippen LogP contribution in [0.2, 0.25) is 0 Å². The lowest BCUT2D eigenvalue weighted by atomic mass is 9.95. The van der Waals surface area contributed by atoms with E-state index in [1.807, 2.05) is 0 Å². The van der Waals surface area contributed by atoms with Crippen LogP contribution in [0.4, 0.5) is 8.78 Å². The van der Waals surface area contributed by atoms with E-state index in [-0.39, 0.29) is 58.0 Å². The molecule has 13 nitrogen and oxygen atoms in total. The summed E-state index contributed by atoms with van der Waals surface area (Å²) in [7, 11) is -8.97. The predicted molar refractivity (Wildman–Crippen MR) is 166 cm³/mol. The molecule has 0 radical (unpaired) electrons. The molecule has 4 amide bonds. The summed E-state index contributed by atoms with van der Waals surface area (Å²) in [6.45, 7) is 2.22. The van der Waals surface area contributed by atoms with Gasteiger partial charge in [-0.1, -0.05) is 6.07 Å². The van der Waals surface area contributed by atoms with Crippen molar-refractivity contribution in [2.24, 2.45) is 11.8 Å². The van der Waals surface area contributed by atoms with Crippen molar-refractivity contribution in [2.45, 2.75) is 56.4 Å². The highest BCUT2D eigenvalue weighted by molar-refractivity contribution is 7.91. The Hall–Kier alpha value is -2.98. The first kappa shape index (κ1) is 33.9. The van der Waals surface area contributed by atoms with Gasteiger partial charge in [0, 0.05) is 49.4 Å². The van der Waals surface area contributed by atoms with Crippen molar-refractivity contribution < 1.29 is 50.7 Å². The van der Waals surface area contributed by atoms with Crippen molar-refractivity contribution in [1.82, 2.24) is 20.0 Å². The molecule has 6 rings (SSSR count). The Morgan fingerprint density at radius 2 is 1.74 bits per heavy atom. The Labute approximate surface area is 273 Å². The number of nitrogens with zero attached hydrogens (tertiary/aromatic N) is 3. The van der Waals surface area contributed by atoms with Gasteiger partial charge in [0.25, 0.3) is 5.91 Å². The number of rotatable bonds is 5. The minimum absolute atomic E-state index is 0.0392. The second-order valence-electron chi connectivity index (χ2n) is 12.9. The van der Waals surface area contributed by atoms with E-state index in [0.717, 1.165) is 23.5 Å². The molecule has 4 aliphatic heterocycles. The third-order valence-corrected chi connectivity index (χ3v) is 13.7. The molecule has 0 aliphatic carbocycles. The fourth-order valence-corrected chi connectivity index (χ4v) is 10.6. The molecule has 5 atom stereocenters. The third kappa shape index (κ3) is 6.44. The molecular weight excluding hydrogens is 681 g/mol. The quantitative estimate of drug-likeness (QED) is 0.389. The molecule has 47 heavy (non-hydrogen) atoms. The second-order valence-corrected chi connectivity index (χ2v) is 17.8. The normalized spacial score (nSPS) is 28.1. The second kappa shape index (κ2) is 12.2. The van der Waals surface area contributed by atoms with Gasteiger partial charge in [-0.05, 0) is 61.1 Å². The smallest absolute Gasteiger partial charge is 0.340 e. The van der Waals surface area contributed by atoms with Crippen LogP contribution in [0.25, 0.3) is 10.1 Å². The van der Waals surface area contributed by atoms with E-state index >= 15 is 0 Å². The summed E-state index contributed by atoms with van der Waals surface area (Å²) in [5, 5.41) is 2.82. The number of halogens is 2. The van der Waals surface area contributed by atoms with Gasteiger partial charge in [0.2, 0.25) is 17.7 Å². The molecule has 4 aliphatic rings. The van der Waals surface area contributed by atoms with Crippen LogP contribution in [-0.4, -0.2) is 112 Å². The fourth-order valence-electron chi connectivity index (χ4n) is 7.34. The van der Waals surface area contributed by atoms with E-state index < -0.39 is 52.6 Å². The number of benzene rings is 1. The van der Waals surface area contributed by atoms with Crippen molar-refractivity contribution in [3.8, 4) is 0 Å². The van der Waals surface area contributed by atoms with Crippen molar-refractivity contribution in [3.05, 3.63) is 34.7 Å². The molecule has 2 aromatic rings. The summed E-state index contributed by atoms with van der Waals surface area (Å²) < 4.78 is 64.8. The Kier molecular flexibility index (Phi) is 8.78. The summed E-state index contributed by atoms with van der Waals surface area (Å²) in [5.41, 5.74) is -5.34. The lowest BCUT2D eigenvalue weighted by Gasteiger charge is -2.39. The molecule has 1 aromatic carbocycles. The largest absolute Gasteiger partial charge is 0.399 e. The van der Waals surface area contributed by atoms with Gasteiger partial charge in [0.15, 0.2) is 9.84 Å². The summed E-state index contributed by atoms with van der Waals surface area (Å²) >= 11 is 0.930. The number of hydrogen-bond donors (Lipinski definition) is 3. The Bertz CT molecular complexity index is 1800. The molecule has 4 fully saturated rings. The molecule has 0 saturated carbocycles. The zero-order valence-electron chi connectivity index (χ0n) is 25.4. The lowest BCUT2D eigenvalue weighted by molar-refractivity contribution is -0.148. The minimum atomic E-state index is -5.81. The number of carbonyl (C=O) groups excluding carboxylic acids is 4. The van der Waals surface area contributed by atoms with E-state index in [9.17, 15) is 40.9 Å². The number of nitrogens with one attached hydrogen (secondary N) is 1. The van der Waals surface area contributed by atoms with Crippen molar-refractivity contribution in [1.29, 1.82) is 0 Å². The van der Waals surface area contributed by atoms with E-state index in [4.69, 9.17) is 9.79 Å². The monoisotopic (exact) mass is 716 g/mol. The first-order valence-electron chi connectivity index (χ1n) is 15.3. The molecular formula is C29H35F2N4O9PS2. The molecule has 1 aromatic heterocycles. The predicted octanol–water partition coefficient (Wildman–Crippen LogP) is 1.73. The SMILES string of the molecule is CC(=O)N1CC[C@H]2CC[C@@H](C(=O)N3CC4CCS(=O)(=O)CC4C3)N2C(=O)C(NC(=O)c2cc3cc(C(F)(F)P(=O)(O)O)ccc3s2)C1. The Morgan fingerprint density at radius 3 is 2.45 bits per heavy atom. The average Bonchev–Trinajstić information content (AvgIpc) is 3.71. The summed E-state index contributed by atoms with van der Waals surface area (Å²) in [4.78, 5) is 76.9. The van der Waals surface area contributed by atoms with Gasteiger partial charge in [0.05, 0.1) is 16.4 Å². The number of hydrogen-bond acceptors (Lipinski definition) is 8. The maximum Gasteiger partial charge on any atom is 0.399 e. The Balaban J connectivity index is 1.23. The van der Waals surface area contributed by atoms with Gasteiger partial charge >= 0.3 is 13.3 Å². The van der Waals surface area contributed by atoms with E-state index in [1.54, 1.807) is 4.90 Å². The summed E-state index contributed by atoms with van der Waals surface area (Å²) in [6, 6.07) is 1.89.